The highest BCUT2D eigenvalue weighted by Crippen LogP contribution is 2.26. The molecule has 0 amide bonds. The summed E-state index contributed by atoms with van der Waals surface area (Å²) in [5, 5.41) is 0.442. The molecule has 0 spiro atoms. The number of rotatable bonds is 3. The van der Waals surface area contributed by atoms with Crippen LogP contribution in [0.4, 0.5) is 0 Å². The van der Waals surface area contributed by atoms with Crippen LogP contribution in [0.15, 0.2) is 33.9 Å². The molecule has 1 atom stereocenters. The molecule has 4 heteroatoms. The summed E-state index contributed by atoms with van der Waals surface area (Å²) in [7, 11) is 0. The van der Waals surface area contributed by atoms with E-state index in [1.807, 2.05) is 31.2 Å². The van der Waals surface area contributed by atoms with Crippen molar-refractivity contribution < 1.29 is 9.21 Å². The van der Waals surface area contributed by atoms with Gasteiger partial charge in [-0.3, -0.25) is 4.79 Å². The summed E-state index contributed by atoms with van der Waals surface area (Å²) in [4.78, 5) is 15.4. The molecular formula is C11H11NO2S. The van der Waals surface area contributed by atoms with Gasteiger partial charge in [0.1, 0.15) is 11.3 Å². The lowest BCUT2D eigenvalue weighted by atomic mass is 10.3. The number of thioether (sulfide) groups is 1. The van der Waals surface area contributed by atoms with Crippen LogP contribution in [0.2, 0.25) is 0 Å². The van der Waals surface area contributed by atoms with Crippen molar-refractivity contribution in [2.24, 2.45) is 0 Å². The Kier molecular flexibility index (Phi) is 2.77. The van der Waals surface area contributed by atoms with Crippen LogP contribution in [0.25, 0.3) is 11.1 Å². The molecule has 0 saturated carbocycles. The SMILES string of the molecule is CC(=O)C(C)Sc1nc2ccccc2o1. The molecule has 78 valence electrons. The van der Waals surface area contributed by atoms with Gasteiger partial charge in [0, 0.05) is 0 Å². The smallest absolute Gasteiger partial charge is 0.257 e. The summed E-state index contributed by atoms with van der Waals surface area (Å²) < 4.78 is 5.49. The number of ketones is 1. The Morgan fingerprint density at radius 3 is 2.87 bits per heavy atom. The second kappa shape index (κ2) is 4.06. The number of benzene rings is 1. The fraction of sp³-hybridized carbons (Fsp3) is 0.273. The first-order valence-electron chi connectivity index (χ1n) is 4.69. The second-order valence-electron chi connectivity index (χ2n) is 3.32. The fourth-order valence-corrected chi connectivity index (χ4v) is 1.89. The van der Waals surface area contributed by atoms with E-state index < -0.39 is 0 Å². The van der Waals surface area contributed by atoms with Crippen LogP contribution in [-0.2, 0) is 4.79 Å². The van der Waals surface area contributed by atoms with Gasteiger partial charge < -0.3 is 4.42 Å². The lowest BCUT2D eigenvalue weighted by Gasteiger charge is -2.01. The Morgan fingerprint density at radius 1 is 1.47 bits per heavy atom. The standard InChI is InChI=1S/C11H11NO2S/c1-7(13)8(2)15-11-12-9-5-3-4-6-10(9)14-11/h3-6,8H,1-2H3. The minimum atomic E-state index is -0.113. The molecule has 2 aromatic rings. The Hall–Kier alpha value is -1.29. The van der Waals surface area contributed by atoms with Crippen LogP contribution in [0.5, 0.6) is 0 Å². The minimum Gasteiger partial charge on any atom is -0.431 e. The maximum atomic E-state index is 11.1. The maximum absolute atomic E-state index is 11.1. The normalized spacial score (nSPS) is 12.9. The van der Waals surface area contributed by atoms with Crippen molar-refractivity contribution in [3.8, 4) is 0 Å². The molecule has 1 unspecified atom stereocenters. The van der Waals surface area contributed by atoms with E-state index in [9.17, 15) is 4.79 Å². The molecule has 0 N–H and O–H groups in total. The van der Waals surface area contributed by atoms with Gasteiger partial charge in [-0.1, -0.05) is 23.9 Å². The van der Waals surface area contributed by atoms with Gasteiger partial charge in [0.25, 0.3) is 5.22 Å². The van der Waals surface area contributed by atoms with Crippen LogP contribution in [0.3, 0.4) is 0 Å². The first kappa shape index (κ1) is 10.2. The molecule has 0 radical (unpaired) electrons. The third-order valence-corrected chi connectivity index (χ3v) is 3.19. The molecule has 0 bridgehead atoms. The second-order valence-corrected chi connectivity index (χ2v) is 4.61. The molecule has 3 nitrogen and oxygen atoms in total. The highest BCUT2D eigenvalue weighted by atomic mass is 32.2. The number of hydrogen-bond donors (Lipinski definition) is 0. The zero-order valence-electron chi connectivity index (χ0n) is 8.56. The Balaban J connectivity index is 2.26. The number of oxazole rings is 1. The molecule has 15 heavy (non-hydrogen) atoms. The van der Waals surface area contributed by atoms with Crippen molar-refractivity contribution in [1.82, 2.24) is 4.98 Å². The van der Waals surface area contributed by atoms with Crippen molar-refractivity contribution in [1.29, 1.82) is 0 Å². The highest BCUT2D eigenvalue weighted by molar-refractivity contribution is 8.00. The summed E-state index contributed by atoms with van der Waals surface area (Å²) in [5.41, 5.74) is 1.59. The Morgan fingerprint density at radius 2 is 2.20 bits per heavy atom. The van der Waals surface area contributed by atoms with Gasteiger partial charge >= 0.3 is 0 Å². The van der Waals surface area contributed by atoms with Crippen molar-refractivity contribution >= 4 is 28.6 Å². The van der Waals surface area contributed by atoms with E-state index in [2.05, 4.69) is 4.98 Å². The molecule has 1 heterocycles. The summed E-state index contributed by atoms with van der Waals surface area (Å²) in [6.45, 7) is 3.42. The molecule has 0 fully saturated rings. The Labute approximate surface area is 91.9 Å². The molecular weight excluding hydrogens is 210 g/mol. The molecule has 0 saturated heterocycles. The van der Waals surface area contributed by atoms with E-state index in [1.165, 1.54) is 11.8 Å². The van der Waals surface area contributed by atoms with Gasteiger partial charge in [-0.05, 0) is 26.0 Å². The summed E-state index contributed by atoms with van der Waals surface area (Å²) in [5.74, 6) is 0.127. The van der Waals surface area contributed by atoms with Crippen molar-refractivity contribution in [2.45, 2.75) is 24.3 Å². The van der Waals surface area contributed by atoms with E-state index in [1.54, 1.807) is 6.92 Å². The van der Waals surface area contributed by atoms with Crippen molar-refractivity contribution in [3.63, 3.8) is 0 Å². The summed E-state index contributed by atoms with van der Waals surface area (Å²) in [6.07, 6.45) is 0. The van der Waals surface area contributed by atoms with Crippen molar-refractivity contribution in [3.05, 3.63) is 24.3 Å². The maximum Gasteiger partial charge on any atom is 0.257 e. The van der Waals surface area contributed by atoms with Gasteiger partial charge in [0.2, 0.25) is 0 Å². The van der Waals surface area contributed by atoms with Crippen molar-refractivity contribution in [2.75, 3.05) is 0 Å². The lowest BCUT2D eigenvalue weighted by molar-refractivity contribution is -0.116. The first-order chi connectivity index (χ1) is 7.16. The van der Waals surface area contributed by atoms with Crippen LogP contribution < -0.4 is 0 Å². The third-order valence-electron chi connectivity index (χ3n) is 2.12. The van der Waals surface area contributed by atoms with Crippen LogP contribution in [-0.4, -0.2) is 16.0 Å². The third kappa shape index (κ3) is 2.21. The molecule has 1 aromatic heterocycles. The van der Waals surface area contributed by atoms with Gasteiger partial charge in [0.15, 0.2) is 5.58 Å². The number of nitrogens with zero attached hydrogens (tertiary/aromatic N) is 1. The van der Waals surface area contributed by atoms with Gasteiger partial charge in [-0.25, -0.2) is 4.98 Å². The van der Waals surface area contributed by atoms with E-state index >= 15 is 0 Å². The molecule has 0 aliphatic carbocycles. The number of para-hydroxylation sites is 2. The largest absolute Gasteiger partial charge is 0.431 e. The number of carbonyl (C=O) groups excluding carboxylic acids is 1. The zero-order chi connectivity index (χ0) is 10.8. The quantitative estimate of drug-likeness (QED) is 0.747. The van der Waals surface area contributed by atoms with E-state index in [4.69, 9.17) is 4.42 Å². The monoisotopic (exact) mass is 221 g/mol. The summed E-state index contributed by atoms with van der Waals surface area (Å²) in [6, 6.07) is 7.57. The fourth-order valence-electron chi connectivity index (χ4n) is 1.14. The van der Waals surface area contributed by atoms with Crippen LogP contribution in [0, 0.1) is 0 Å². The number of aromatic nitrogens is 1. The molecule has 2 rings (SSSR count). The van der Waals surface area contributed by atoms with Crippen LogP contribution >= 0.6 is 11.8 Å². The van der Waals surface area contributed by atoms with Gasteiger partial charge in [-0.15, -0.1) is 0 Å². The molecule has 1 aromatic carbocycles. The molecule has 0 aliphatic heterocycles. The number of Topliss-reactive ketones (excluding diaryl/α,β-unsaturated/α-hetero) is 1. The predicted molar refractivity (Wildman–Crippen MR) is 60.0 cm³/mol. The zero-order valence-corrected chi connectivity index (χ0v) is 9.38. The number of hydrogen-bond acceptors (Lipinski definition) is 4. The van der Waals surface area contributed by atoms with Gasteiger partial charge in [0.05, 0.1) is 5.25 Å². The Bertz CT molecular complexity index is 459. The molecule has 0 aliphatic rings. The number of fused-ring (bicyclic) bond motifs is 1. The summed E-state index contributed by atoms with van der Waals surface area (Å²) >= 11 is 1.35. The predicted octanol–water partition coefficient (Wildman–Crippen LogP) is 2.90. The van der Waals surface area contributed by atoms with E-state index in [0.717, 1.165) is 11.1 Å². The van der Waals surface area contributed by atoms with Gasteiger partial charge in [-0.2, -0.15) is 0 Å². The number of carbonyl (C=O) groups is 1. The average molecular weight is 221 g/mol. The average Bonchev–Trinajstić information content (AvgIpc) is 2.59. The first-order valence-corrected chi connectivity index (χ1v) is 5.57. The highest BCUT2D eigenvalue weighted by Gasteiger charge is 2.13. The lowest BCUT2D eigenvalue weighted by Crippen LogP contribution is -2.07. The topological polar surface area (TPSA) is 43.1 Å². The van der Waals surface area contributed by atoms with E-state index in [-0.39, 0.29) is 11.0 Å². The minimum absolute atomic E-state index is 0.113. The van der Waals surface area contributed by atoms with Crippen LogP contribution in [0.1, 0.15) is 13.8 Å². The van der Waals surface area contributed by atoms with E-state index in [0.29, 0.717) is 5.22 Å².